The van der Waals surface area contributed by atoms with E-state index in [0.717, 1.165) is 11.8 Å². The number of carbonyl (C=O) groups is 1. The summed E-state index contributed by atoms with van der Waals surface area (Å²) < 4.78 is 24.7. The Morgan fingerprint density at radius 1 is 1.36 bits per heavy atom. The van der Waals surface area contributed by atoms with Crippen molar-refractivity contribution < 1.29 is 13.6 Å². The fraction of sp³-hybridized carbons (Fsp3) is 0.364. The smallest absolute Gasteiger partial charge is 0.263 e. The van der Waals surface area contributed by atoms with Crippen molar-refractivity contribution in [2.24, 2.45) is 0 Å². The molecule has 1 aromatic carbocycles. The highest BCUT2D eigenvalue weighted by atomic mass is 19.3. The summed E-state index contributed by atoms with van der Waals surface area (Å²) in [4.78, 5) is 10.3. The number of alkyl halides is 2. The van der Waals surface area contributed by atoms with Crippen molar-refractivity contribution in [2.75, 3.05) is 0 Å². The van der Waals surface area contributed by atoms with Crippen LogP contribution >= 0.6 is 0 Å². The summed E-state index contributed by atoms with van der Waals surface area (Å²) in [5.41, 5.74) is 0.801. The molecule has 0 bridgehead atoms. The molecule has 0 aliphatic heterocycles. The van der Waals surface area contributed by atoms with Crippen molar-refractivity contribution in [3.05, 3.63) is 35.4 Å². The van der Waals surface area contributed by atoms with Gasteiger partial charge in [-0.25, -0.2) is 8.78 Å². The molecule has 0 N–H and O–H groups in total. The molecule has 0 aromatic heterocycles. The Morgan fingerprint density at radius 3 is 2.57 bits per heavy atom. The molecule has 0 aliphatic carbocycles. The Kier molecular flexibility index (Phi) is 3.74. The number of hydrogen-bond donors (Lipinski definition) is 0. The quantitative estimate of drug-likeness (QED) is 0.678. The summed E-state index contributed by atoms with van der Waals surface area (Å²) >= 11 is 0. The largest absolute Gasteiger partial charge is 0.303 e. The second-order valence-corrected chi connectivity index (χ2v) is 3.27. The SMILES string of the molecule is CC(CC=O)c1cccc(C(F)F)c1. The lowest BCUT2D eigenvalue weighted by Crippen LogP contribution is -1.95. The number of benzene rings is 1. The van der Waals surface area contributed by atoms with Crippen molar-refractivity contribution >= 4 is 6.29 Å². The normalized spacial score (nSPS) is 12.9. The zero-order chi connectivity index (χ0) is 10.6. The second kappa shape index (κ2) is 4.84. The van der Waals surface area contributed by atoms with Gasteiger partial charge in [0.15, 0.2) is 0 Å². The summed E-state index contributed by atoms with van der Waals surface area (Å²) in [5, 5.41) is 0. The number of carbonyl (C=O) groups excluding carboxylic acids is 1. The minimum atomic E-state index is -2.45. The summed E-state index contributed by atoms with van der Waals surface area (Å²) in [5.74, 6) is 0.00574. The zero-order valence-electron chi connectivity index (χ0n) is 7.91. The minimum absolute atomic E-state index is 0.00574. The number of aldehydes is 1. The summed E-state index contributed by atoms with van der Waals surface area (Å²) in [6.07, 6.45) is -1.27. The van der Waals surface area contributed by atoms with E-state index in [1.165, 1.54) is 12.1 Å². The van der Waals surface area contributed by atoms with Gasteiger partial charge in [0.2, 0.25) is 0 Å². The molecule has 1 nitrogen and oxygen atoms in total. The molecule has 0 radical (unpaired) electrons. The van der Waals surface area contributed by atoms with Crippen LogP contribution in [0.5, 0.6) is 0 Å². The van der Waals surface area contributed by atoms with Crippen LogP contribution in [0.4, 0.5) is 8.78 Å². The van der Waals surface area contributed by atoms with Crippen LogP contribution in [0.15, 0.2) is 24.3 Å². The Balaban J connectivity index is 2.87. The standard InChI is InChI=1S/C11H12F2O/c1-8(5-6-14)9-3-2-4-10(7-9)11(12)13/h2-4,6-8,11H,5H2,1H3. The topological polar surface area (TPSA) is 17.1 Å². The van der Waals surface area contributed by atoms with Gasteiger partial charge in [-0.2, -0.15) is 0 Å². The maximum atomic E-state index is 12.3. The van der Waals surface area contributed by atoms with Crippen LogP contribution in [0.2, 0.25) is 0 Å². The van der Waals surface area contributed by atoms with E-state index in [1.54, 1.807) is 12.1 Å². The van der Waals surface area contributed by atoms with Gasteiger partial charge in [-0.15, -0.1) is 0 Å². The summed E-state index contributed by atoms with van der Waals surface area (Å²) in [6, 6.07) is 6.21. The highest BCUT2D eigenvalue weighted by molar-refractivity contribution is 5.51. The third kappa shape index (κ3) is 2.62. The average molecular weight is 198 g/mol. The molecule has 14 heavy (non-hydrogen) atoms. The van der Waals surface area contributed by atoms with Crippen LogP contribution in [0, 0.1) is 0 Å². The fourth-order valence-corrected chi connectivity index (χ4v) is 1.28. The molecule has 0 spiro atoms. The molecular formula is C11H12F2O. The van der Waals surface area contributed by atoms with Crippen LogP contribution in [0.3, 0.4) is 0 Å². The van der Waals surface area contributed by atoms with Gasteiger partial charge in [-0.3, -0.25) is 0 Å². The molecule has 0 aliphatic rings. The van der Waals surface area contributed by atoms with E-state index in [2.05, 4.69) is 0 Å². The van der Waals surface area contributed by atoms with Crippen LogP contribution < -0.4 is 0 Å². The second-order valence-electron chi connectivity index (χ2n) is 3.27. The van der Waals surface area contributed by atoms with Crippen LogP contribution in [-0.2, 0) is 4.79 Å². The highest BCUT2D eigenvalue weighted by Gasteiger charge is 2.10. The van der Waals surface area contributed by atoms with Crippen LogP contribution in [0.25, 0.3) is 0 Å². The highest BCUT2D eigenvalue weighted by Crippen LogP contribution is 2.24. The van der Waals surface area contributed by atoms with E-state index in [1.807, 2.05) is 6.92 Å². The lowest BCUT2D eigenvalue weighted by Gasteiger charge is -2.09. The van der Waals surface area contributed by atoms with Gasteiger partial charge in [0.25, 0.3) is 6.43 Å². The van der Waals surface area contributed by atoms with E-state index in [0.29, 0.717) is 6.42 Å². The van der Waals surface area contributed by atoms with Crippen molar-refractivity contribution in [3.63, 3.8) is 0 Å². The summed E-state index contributed by atoms with van der Waals surface area (Å²) in [6.45, 7) is 1.85. The summed E-state index contributed by atoms with van der Waals surface area (Å²) in [7, 11) is 0. The van der Waals surface area contributed by atoms with Crippen LogP contribution in [-0.4, -0.2) is 6.29 Å². The molecule has 0 saturated heterocycles. The monoisotopic (exact) mass is 198 g/mol. The van der Waals surface area contributed by atoms with Crippen molar-refractivity contribution in [1.29, 1.82) is 0 Å². The molecular weight excluding hydrogens is 186 g/mol. The number of halogens is 2. The fourth-order valence-electron chi connectivity index (χ4n) is 1.28. The van der Waals surface area contributed by atoms with Gasteiger partial charge in [-0.05, 0) is 17.5 Å². The molecule has 0 heterocycles. The Morgan fingerprint density at radius 2 is 2.00 bits per heavy atom. The molecule has 1 aromatic rings. The number of rotatable bonds is 4. The van der Waals surface area contributed by atoms with Crippen molar-refractivity contribution in [1.82, 2.24) is 0 Å². The maximum Gasteiger partial charge on any atom is 0.263 e. The first kappa shape index (κ1) is 10.8. The van der Waals surface area contributed by atoms with E-state index >= 15 is 0 Å². The van der Waals surface area contributed by atoms with Gasteiger partial charge >= 0.3 is 0 Å². The van der Waals surface area contributed by atoms with Crippen LogP contribution in [0.1, 0.15) is 36.8 Å². The van der Waals surface area contributed by atoms with E-state index in [9.17, 15) is 13.6 Å². The minimum Gasteiger partial charge on any atom is -0.303 e. The molecule has 76 valence electrons. The predicted molar refractivity (Wildman–Crippen MR) is 50.5 cm³/mol. The van der Waals surface area contributed by atoms with Crippen molar-refractivity contribution in [2.45, 2.75) is 25.7 Å². The molecule has 1 atom stereocenters. The molecule has 1 rings (SSSR count). The Hall–Kier alpha value is -1.25. The Labute approximate surface area is 81.7 Å². The molecule has 1 unspecified atom stereocenters. The van der Waals surface area contributed by atoms with Crippen molar-refractivity contribution in [3.8, 4) is 0 Å². The first-order valence-electron chi connectivity index (χ1n) is 4.46. The van der Waals surface area contributed by atoms with Gasteiger partial charge in [0.05, 0.1) is 0 Å². The molecule has 3 heteroatoms. The Bertz CT molecular complexity index is 310. The predicted octanol–water partition coefficient (Wildman–Crippen LogP) is 3.32. The van der Waals surface area contributed by atoms with E-state index < -0.39 is 6.43 Å². The number of hydrogen-bond acceptors (Lipinski definition) is 1. The zero-order valence-corrected chi connectivity index (χ0v) is 7.91. The van der Waals surface area contributed by atoms with Gasteiger partial charge in [0, 0.05) is 12.0 Å². The third-order valence-corrected chi connectivity index (χ3v) is 2.18. The first-order chi connectivity index (χ1) is 6.65. The first-order valence-corrected chi connectivity index (χ1v) is 4.46. The van der Waals surface area contributed by atoms with Gasteiger partial charge < -0.3 is 4.79 Å². The van der Waals surface area contributed by atoms with E-state index in [-0.39, 0.29) is 11.5 Å². The lowest BCUT2D eigenvalue weighted by molar-refractivity contribution is -0.108. The molecule has 0 saturated carbocycles. The van der Waals surface area contributed by atoms with Gasteiger partial charge in [0.1, 0.15) is 6.29 Å². The van der Waals surface area contributed by atoms with E-state index in [4.69, 9.17) is 0 Å². The lowest BCUT2D eigenvalue weighted by atomic mass is 9.97. The average Bonchev–Trinajstić information content (AvgIpc) is 2.18. The third-order valence-electron chi connectivity index (χ3n) is 2.18. The molecule has 0 amide bonds. The maximum absolute atomic E-state index is 12.3. The van der Waals surface area contributed by atoms with Gasteiger partial charge in [-0.1, -0.05) is 25.1 Å². The molecule has 0 fully saturated rings.